The zero-order valence-electron chi connectivity index (χ0n) is 9.82. The molecule has 3 rings (SSSR count). The van der Waals surface area contributed by atoms with Crippen LogP contribution in [0.5, 0.6) is 0 Å². The molecular formula is C14H17NOS. The molecule has 1 unspecified atom stereocenters. The van der Waals surface area contributed by atoms with E-state index in [-0.39, 0.29) is 0 Å². The van der Waals surface area contributed by atoms with Crippen molar-refractivity contribution < 1.29 is 4.42 Å². The molecule has 1 aliphatic heterocycles. The average molecular weight is 247 g/mol. The smallest absolute Gasteiger partial charge is 0.134 e. The molecule has 0 bridgehead atoms. The highest BCUT2D eigenvalue weighted by Crippen LogP contribution is 2.20. The number of benzene rings is 1. The number of thioether (sulfide) groups is 1. The predicted octanol–water partition coefficient (Wildman–Crippen LogP) is 3.42. The molecule has 1 aliphatic rings. The summed E-state index contributed by atoms with van der Waals surface area (Å²) in [5.74, 6) is 3.60. The maximum absolute atomic E-state index is 5.79. The molecule has 1 saturated heterocycles. The number of hydrogen-bond acceptors (Lipinski definition) is 3. The number of para-hydroxylation sites is 1. The van der Waals surface area contributed by atoms with Crippen LogP contribution in [0.1, 0.15) is 18.6 Å². The van der Waals surface area contributed by atoms with Crippen molar-refractivity contribution in [3.05, 3.63) is 36.1 Å². The normalized spacial score (nSPS) is 20.8. The third kappa shape index (κ3) is 2.67. The van der Waals surface area contributed by atoms with Gasteiger partial charge in [-0.2, -0.15) is 11.8 Å². The first-order valence-corrected chi connectivity index (χ1v) is 7.36. The Balaban J connectivity index is 1.64. The molecule has 90 valence electrons. The molecule has 3 heteroatoms. The highest BCUT2D eigenvalue weighted by atomic mass is 32.2. The van der Waals surface area contributed by atoms with Crippen molar-refractivity contribution in [3.8, 4) is 0 Å². The number of furan rings is 1. The SMILES string of the molecule is c1ccc2oc(CNC3CCCSC3)cc2c1. The van der Waals surface area contributed by atoms with Crippen molar-refractivity contribution in [1.82, 2.24) is 5.32 Å². The van der Waals surface area contributed by atoms with Crippen LogP contribution in [0.3, 0.4) is 0 Å². The molecule has 0 amide bonds. The van der Waals surface area contributed by atoms with E-state index >= 15 is 0 Å². The van der Waals surface area contributed by atoms with Gasteiger partial charge in [-0.05, 0) is 30.7 Å². The molecule has 0 aliphatic carbocycles. The molecular weight excluding hydrogens is 230 g/mol. The van der Waals surface area contributed by atoms with Gasteiger partial charge in [0.1, 0.15) is 11.3 Å². The van der Waals surface area contributed by atoms with Crippen LogP contribution >= 0.6 is 11.8 Å². The van der Waals surface area contributed by atoms with E-state index in [1.54, 1.807) is 0 Å². The molecule has 0 saturated carbocycles. The maximum Gasteiger partial charge on any atom is 0.134 e. The second kappa shape index (κ2) is 5.15. The van der Waals surface area contributed by atoms with E-state index in [0.29, 0.717) is 6.04 Å². The Morgan fingerprint density at radius 1 is 1.35 bits per heavy atom. The second-order valence-electron chi connectivity index (χ2n) is 4.55. The zero-order valence-corrected chi connectivity index (χ0v) is 10.6. The van der Waals surface area contributed by atoms with Gasteiger partial charge in [0.05, 0.1) is 6.54 Å². The Hall–Kier alpha value is -0.930. The Morgan fingerprint density at radius 3 is 3.12 bits per heavy atom. The third-order valence-corrected chi connectivity index (χ3v) is 4.42. The summed E-state index contributed by atoms with van der Waals surface area (Å²) in [5.41, 5.74) is 0.988. The molecule has 2 aromatic rings. The van der Waals surface area contributed by atoms with Crippen molar-refractivity contribution in [2.75, 3.05) is 11.5 Å². The summed E-state index contributed by atoms with van der Waals surface area (Å²) in [6.45, 7) is 0.847. The van der Waals surface area contributed by atoms with Crippen molar-refractivity contribution >= 4 is 22.7 Å². The summed E-state index contributed by atoms with van der Waals surface area (Å²) in [6, 6.07) is 11.0. The number of hydrogen-bond donors (Lipinski definition) is 1. The summed E-state index contributed by atoms with van der Waals surface area (Å²) < 4.78 is 5.79. The molecule has 0 spiro atoms. The minimum atomic E-state index is 0.655. The second-order valence-corrected chi connectivity index (χ2v) is 5.70. The van der Waals surface area contributed by atoms with Crippen LogP contribution < -0.4 is 5.32 Å². The minimum Gasteiger partial charge on any atom is -0.460 e. The average Bonchev–Trinajstić information content (AvgIpc) is 2.80. The lowest BCUT2D eigenvalue weighted by Crippen LogP contribution is -2.33. The van der Waals surface area contributed by atoms with E-state index in [1.807, 2.05) is 18.2 Å². The van der Waals surface area contributed by atoms with Crippen LogP contribution in [0.15, 0.2) is 34.7 Å². The summed E-state index contributed by atoms with van der Waals surface area (Å²) in [4.78, 5) is 0. The number of fused-ring (bicyclic) bond motifs is 1. The highest BCUT2D eigenvalue weighted by Gasteiger charge is 2.13. The fraction of sp³-hybridized carbons (Fsp3) is 0.429. The first-order chi connectivity index (χ1) is 8.42. The molecule has 1 aromatic carbocycles. The quantitative estimate of drug-likeness (QED) is 0.899. The topological polar surface area (TPSA) is 25.2 Å². The van der Waals surface area contributed by atoms with E-state index in [1.165, 1.54) is 29.7 Å². The molecule has 2 nitrogen and oxygen atoms in total. The van der Waals surface area contributed by atoms with E-state index in [0.717, 1.165) is 17.9 Å². The molecule has 1 fully saturated rings. The monoisotopic (exact) mass is 247 g/mol. The van der Waals surface area contributed by atoms with Crippen molar-refractivity contribution in [3.63, 3.8) is 0 Å². The van der Waals surface area contributed by atoms with Crippen LogP contribution in [0.25, 0.3) is 11.0 Å². The lowest BCUT2D eigenvalue weighted by molar-refractivity contribution is 0.456. The van der Waals surface area contributed by atoms with Crippen LogP contribution in [0, 0.1) is 0 Å². The largest absolute Gasteiger partial charge is 0.460 e. The summed E-state index contributed by atoms with van der Waals surface area (Å²) in [5, 5.41) is 4.78. The third-order valence-electron chi connectivity index (χ3n) is 3.20. The van der Waals surface area contributed by atoms with Gasteiger partial charge in [0.2, 0.25) is 0 Å². The molecule has 1 atom stereocenters. The van der Waals surface area contributed by atoms with Gasteiger partial charge in [-0.25, -0.2) is 0 Å². The van der Waals surface area contributed by atoms with E-state index in [4.69, 9.17) is 4.42 Å². The summed E-state index contributed by atoms with van der Waals surface area (Å²) in [7, 11) is 0. The van der Waals surface area contributed by atoms with Crippen molar-refractivity contribution in [2.45, 2.75) is 25.4 Å². The molecule has 1 N–H and O–H groups in total. The van der Waals surface area contributed by atoms with Gasteiger partial charge in [-0.1, -0.05) is 18.2 Å². The van der Waals surface area contributed by atoms with E-state index in [2.05, 4.69) is 29.2 Å². The first kappa shape index (κ1) is 11.2. The standard InChI is InChI=1S/C14H17NOS/c1-2-6-14-11(4-1)8-13(16-14)9-15-12-5-3-7-17-10-12/h1-2,4,6,8,12,15H,3,5,7,9-10H2. The Kier molecular flexibility index (Phi) is 3.39. The fourth-order valence-corrected chi connectivity index (χ4v) is 3.38. The van der Waals surface area contributed by atoms with Crippen molar-refractivity contribution in [2.24, 2.45) is 0 Å². The van der Waals surface area contributed by atoms with Gasteiger partial charge in [0.15, 0.2) is 0 Å². The Morgan fingerprint density at radius 2 is 2.29 bits per heavy atom. The van der Waals surface area contributed by atoms with Gasteiger partial charge in [-0.15, -0.1) is 0 Å². The van der Waals surface area contributed by atoms with E-state index in [9.17, 15) is 0 Å². The van der Waals surface area contributed by atoms with Gasteiger partial charge in [-0.3, -0.25) is 0 Å². The van der Waals surface area contributed by atoms with Crippen LogP contribution in [-0.4, -0.2) is 17.5 Å². The van der Waals surface area contributed by atoms with Crippen molar-refractivity contribution in [1.29, 1.82) is 0 Å². The summed E-state index contributed by atoms with van der Waals surface area (Å²) in [6.07, 6.45) is 2.63. The summed E-state index contributed by atoms with van der Waals surface area (Å²) >= 11 is 2.05. The predicted molar refractivity (Wildman–Crippen MR) is 73.4 cm³/mol. The Labute approximate surface area is 106 Å². The molecule has 0 radical (unpaired) electrons. The minimum absolute atomic E-state index is 0.655. The molecule has 1 aromatic heterocycles. The maximum atomic E-state index is 5.79. The first-order valence-electron chi connectivity index (χ1n) is 6.20. The molecule has 17 heavy (non-hydrogen) atoms. The van der Waals surface area contributed by atoms with Gasteiger partial charge >= 0.3 is 0 Å². The van der Waals surface area contributed by atoms with Crippen LogP contribution in [-0.2, 0) is 6.54 Å². The van der Waals surface area contributed by atoms with Gasteiger partial charge in [0.25, 0.3) is 0 Å². The number of rotatable bonds is 3. The lowest BCUT2D eigenvalue weighted by Gasteiger charge is -2.21. The van der Waals surface area contributed by atoms with E-state index < -0.39 is 0 Å². The lowest BCUT2D eigenvalue weighted by atomic mass is 10.2. The fourth-order valence-electron chi connectivity index (χ4n) is 2.27. The Bertz CT molecular complexity index is 455. The molecule has 2 heterocycles. The number of nitrogens with one attached hydrogen (secondary N) is 1. The zero-order chi connectivity index (χ0) is 11.5. The van der Waals surface area contributed by atoms with Crippen LogP contribution in [0.4, 0.5) is 0 Å². The van der Waals surface area contributed by atoms with Gasteiger partial charge < -0.3 is 9.73 Å². The van der Waals surface area contributed by atoms with Gasteiger partial charge in [0, 0.05) is 17.2 Å². The van der Waals surface area contributed by atoms with Crippen LogP contribution in [0.2, 0.25) is 0 Å². The highest BCUT2D eigenvalue weighted by molar-refractivity contribution is 7.99.